The van der Waals surface area contributed by atoms with Gasteiger partial charge < -0.3 is 25.0 Å². The number of para-hydroxylation sites is 3. The molecule has 0 bridgehead atoms. The van der Waals surface area contributed by atoms with Crippen LogP contribution in [0.3, 0.4) is 0 Å². The fourth-order valence-corrected chi connectivity index (χ4v) is 3.70. The van der Waals surface area contributed by atoms with Gasteiger partial charge >= 0.3 is 0 Å². The largest absolute Gasteiger partial charge is 0.490 e. The van der Waals surface area contributed by atoms with Gasteiger partial charge in [-0.25, -0.2) is 0 Å². The zero-order chi connectivity index (χ0) is 25.6. The Bertz CT molecular complexity index is 1100. The minimum Gasteiger partial charge on any atom is -0.490 e. The van der Waals surface area contributed by atoms with Crippen LogP contribution in [0.2, 0.25) is 0 Å². The number of hydrogen-bond acceptors (Lipinski definition) is 5. The molecule has 3 aromatic rings. The van der Waals surface area contributed by atoms with Gasteiger partial charge in [-0.1, -0.05) is 50.2 Å². The Kier molecular flexibility index (Phi) is 10.6. The third-order valence-electron chi connectivity index (χ3n) is 5.35. The molecule has 0 aliphatic carbocycles. The summed E-state index contributed by atoms with van der Waals surface area (Å²) in [5, 5.41) is 6.00. The molecule has 0 aromatic heterocycles. The van der Waals surface area contributed by atoms with Crippen LogP contribution < -0.4 is 20.1 Å². The van der Waals surface area contributed by atoms with Crippen LogP contribution in [-0.2, 0) is 4.79 Å². The number of benzene rings is 3. The molecule has 0 saturated carbocycles. The van der Waals surface area contributed by atoms with Gasteiger partial charge in [0.25, 0.3) is 5.91 Å². The monoisotopic (exact) mass is 489 g/mol. The fraction of sp³-hybridized carbons (Fsp3) is 0.310. The summed E-state index contributed by atoms with van der Waals surface area (Å²) < 4.78 is 11.5. The molecule has 36 heavy (non-hydrogen) atoms. The zero-order valence-electron chi connectivity index (χ0n) is 21.0. The molecule has 2 amide bonds. The maximum atomic E-state index is 12.9. The first-order valence-corrected chi connectivity index (χ1v) is 12.4. The number of carbonyl (C=O) groups excluding carboxylic acids is 2. The molecule has 7 nitrogen and oxygen atoms in total. The van der Waals surface area contributed by atoms with Gasteiger partial charge in [0.2, 0.25) is 5.91 Å². The van der Waals surface area contributed by atoms with Crippen LogP contribution in [0.4, 0.5) is 11.4 Å². The number of amides is 2. The van der Waals surface area contributed by atoms with Crippen LogP contribution >= 0.6 is 0 Å². The number of rotatable bonds is 14. The van der Waals surface area contributed by atoms with Crippen molar-refractivity contribution in [3.8, 4) is 11.5 Å². The number of hydrogen-bond donors (Lipinski definition) is 2. The van der Waals surface area contributed by atoms with E-state index in [2.05, 4.69) is 24.5 Å². The summed E-state index contributed by atoms with van der Waals surface area (Å²) >= 11 is 0. The maximum Gasteiger partial charge on any atom is 0.253 e. The standard InChI is InChI=1S/C29H35N3O4/c1-3-17-32(18-4-2)29(34)23-11-10-12-24(21-23)30-22-28(33)31-26-15-8-9-16-27(26)36-20-19-35-25-13-6-5-7-14-25/h5-16,21,30H,3-4,17-20,22H2,1-2H3,(H,31,33). The van der Waals surface area contributed by atoms with Crippen molar-refractivity contribution >= 4 is 23.2 Å². The highest BCUT2D eigenvalue weighted by atomic mass is 16.5. The van der Waals surface area contributed by atoms with Gasteiger partial charge in [-0.2, -0.15) is 0 Å². The van der Waals surface area contributed by atoms with E-state index in [1.807, 2.05) is 59.5 Å². The Morgan fingerprint density at radius 1 is 0.806 bits per heavy atom. The first-order valence-electron chi connectivity index (χ1n) is 12.4. The molecule has 2 N–H and O–H groups in total. The number of nitrogens with zero attached hydrogens (tertiary/aromatic N) is 1. The van der Waals surface area contributed by atoms with E-state index in [1.54, 1.807) is 24.3 Å². The summed E-state index contributed by atoms with van der Waals surface area (Å²) in [6.07, 6.45) is 1.82. The molecule has 0 saturated heterocycles. The molecule has 0 fully saturated rings. The summed E-state index contributed by atoms with van der Waals surface area (Å²) in [7, 11) is 0. The highest BCUT2D eigenvalue weighted by molar-refractivity contribution is 5.96. The van der Waals surface area contributed by atoms with Crippen molar-refractivity contribution in [2.75, 3.05) is 43.5 Å². The number of ether oxygens (including phenoxy) is 2. The SMILES string of the molecule is CCCN(CCC)C(=O)c1cccc(NCC(=O)Nc2ccccc2OCCOc2ccccc2)c1. The first kappa shape index (κ1) is 26.6. The minimum atomic E-state index is -0.220. The lowest BCUT2D eigenvalue weighted by atomic mass is 10.1. The Hall–Kier alpha value is -4.00. The van der Waals surface area contributed by atoms with Gasteiger partial charge in [0.15, 0.2) is 0 Å². The molecule has 0 aliphatic rings. The Labute approximate surface area is 213 Å². The Morgan fingerprint density at radius 3 is 2.25 bits per heavy atom. The summed E-state index contributed by atoms with van der Waals surface area (Å²) in [5.41, 5.74) is 1.91. The second-order valence-corrected chi connectivity index (χ2v) is 8.28. The van der Waals surface area contributed by atoms with Crippen molar-refractivity contribution in [2.24, 2.45) is 0 Å². The minimum absolute atomic E-state index is 0.00845. The average molecular weight is 490 g/mol. The van der Waals surface area contributed by atoms with E-state index in [1.165, 1.54) is 0 Å². The van der Waals surface area contributed by atoms with E-state index in [-0.39, 0.29) is 18.4 Å². The number of carbonyl (C=O) groups is 2. The van der Waals surface area contributed by atoms with E-state index in [9.17, 15) is 9.59 Å². The molecule has 0 unspecified atom stereocenters. The van der Waals surface area contributed by atoms with E-state index in [0.717, 1.165) is 31.7 Å². The molecule has 0 spiro atoms. The topological polar surface area (TPSA) is 79.9 Å². The maximum absolute atomic E-state index is 12.9. The van der Waals surface area contributed by atoms with Crippen LogP contribution in [0, 0.1) is 0 Å². The Morgan fingerprint density at radius 2 is 1.50 bits per heavy atom. The highest BCUT2D eigenvalue weighted by Gasteiger charge is 2.15. The van der Waals surface area contributed by atoms with Crippen LogP contribution in [0.25, 0.3) is 0 Å². The summed E-state index contributed by atoms with van der Waals surface area (Å²) in [6, 6.07) is 24.1. The van der Waals surface area contributed by atoms with Crippen molar-refractivity contribution in [1.29, 1.82) is 0 Å². The molecule has 0 atom stereocenters. The van der Waals surface area contributed by atoms with Gasteiger partial charge in [0, 0.05) is 24.3 Å². The van der Waals surface area contributed by atoms with Gasteiger partial charge in [-0.15, -0.1) is 0 Å². The molecule has 0 radical (unpaired) electrons. The van der Waals surface area contributed by atoms with Gasteiger partial charge in [-0.3, -0.25) is 9.59 Å². The highest BCUT2D eigenvalue weighted by Crippen LogP contribution is 2.24. The molecule has 190 valence electrons. The molecule has 0 heterocycles. The van der Waals surface area contributed by atoms with E-state index in [0.29, 0.717) is 35.9 Å². The summed E-state index contributed by atoms with van der Waals surface area (Å²) in [6.45, 7) is 6.36. The molecule has 0 aliphatic heterocycles. The second kappa shape index (κ2) is 14.4. The number of anilines is 2. The molecular weight excluding hydrogens is 454 g/mol. The molecule has 3 rings (SSSR count). The van der Waals surface area contributed by atoms with E-state index >= 15 is 0 Å². The lowest BCUT2D eigenvalue weighted by Gasteiger charge is -2.21. The van der Waals surface area contributed by atoms with Crippen LogP contribution in [0.15, 0.2) is 78.9 Å². The van der Waals surface area contributed by atoms with Crippen LogP contribution in [0.5, 0.6) is 11.5 Å². The number of nitrogens with one attached hydrogen (secondary N) is 2. The van der Waals surface area contributed by atoms with Crippen molar-refractivity contribution in [2.45, 2.75) is 26.7 Å². The predicted octanol–water partition coefficient (Wildman–Crippen LogP) is 5.46. The predicted molar refractivity (Wildman–Crippen MR) is 144 cm³/mol. The average Bonchev–Trinajstić information content (AvgIpc) is 2.91. The lowest BCUT2D eigenvalue weighted by molar-refractivity contribution is -0.114. The Balaban J connectivity index is 1.51. The zero-order valence-corrected chi connectivity index (χ0v) is 21.0. The van der Waals surface area contributed by atoms with E-state index < -0.39 is 0 Å². The third kappa shape index (κ3) is 8.34. The summed E-state index contributed by atoms with van der Waals surface area (Å²) in [4.78, 5) is 27.4. The molecule has 3 aromatic carbocycles. The van der Waals surface area contributed by atoms with Crippen molar-refractivity contribution in [3.63, 3.8) is 0 Å². The third-order valence-corrected chi connectivity index (χ3v) is 5.35. The molecule has 7 heteroatoms. The normalized spacial score (nSPS) is 10.4. The van der Waals surface area contributed by atoms with Gasteiger partial charge in [0.05, 0.1) is 12.2 Å². The van der Waals surface area contributed by atoms with Crippen molar-refractivity contribution in [3.05, 3.63) is 84.4 Å². The smallest absolute Gasteiger partial charge is 0.253 e. The van der Waals surface area contributed by atoms with Crippen LogP contribution in [0.1, 0.15) is 37.0 Å². The van der Waals surface area contributed by atoms with Crippen molar-refractivity contribution < 1.29 is 19.1 Å². The lowest BCUT2D eigenvalue weighted by Crippen LogP contribution is -2.32. The molecular formula is C29H35N3O4. The van der Waals surface area contributed by atoms with Gasteiger partial charge in [-0.05, 0) is 55.3 Å². The van der Waals surface area contributed by atoms with Crippen LogP contribution in [-0.4, -0.2) is 49.6 Å². The summed E-state index contributed by atoms with van der Waals surface area (Å²) in [5.74, 6) is 1.14. The quantitative estimate of drug-likeness (QED) is 0.294. The van der Waals surface area contributed by atoms with E-state index in [4.69, 9.17) is 9.47 Å². The fourth-order valence-electron chi connectivity index (χ4n) is 3.70. The first-order chi connectivity index (χ1) is 17.6. The van der Waals surface area contributed by atoms with Crippen molar-refractivity contribution in [1.82, 2.24) is 4.90 Å². The second-order valence-electron chi connectivity index (χ2n) is 8.28. The van der Waals surface area contributed by atoms with Gasteiger partial charge in [0.1, 0.15) is 24.7 Å².